The van der Waals surface area contributed by atoms with Crippen LogP contribution in [0.25, 0.3) is 0 Å². The molecule has 1 unspecified atom stereocenters. The maximum absolute atomic E-state index is 6.01. The summed E-state index contributed by atoms with van der Waals surface area (Å²) in [5.41, 5.74) is 2.69. The van der Waals surface area contributed by atoms with E-state index in [4.69, 9.17) is 4.74 Å². The lowest BCUT2D eigenvalue weighted by molar-refractivity contribution is -0.00911. The Morgan fingerprint density at radius 2 is 2.06 bits per heavy atom. The van der Waals surface area contributed by atoms with Crippen LogP contribution in [0.15, 0.2) is 24.3 Å². The van der Waals surface area contributed by atoms with Crippen molar-refractivity contribution >= 4 is 5.69 Å². The van der Waals surface area contributed by atoms with Crippen LogP contribution in [0.3, 0.4) is 0 Å². The molecule has 0 aliphatic carbocycles. The van der Waals surface area contributed by atoms with Gasteiger partial charge < -0.3 is 10.1 Å². The molecule has 1 N–H and O–H groups in total. The van der Waals surface area contributed by atoms with Crippen molar-refractivity contribution in [2.24, 2.45) is 0 Å². The minimum atomic E-state index is 0.0594. The smallest absolute Gasteiger partial charge is 0.0755 e. The second-order valence-electron chi connectivity index (χ2n) is 6.16. The van der Waals surface area contributed by atoms with Crippen molar-refractivity contribution in [2.45, 2.75) is 58.2 Å². The maximum atomic E-state index is 6.01. The predicted octanol–water partition coefficient (Wildman–Crippen LogP) is 4.18. The average Bonchev–Trinajstić information content (AvgIpc) is 2.66. The third-order valence-corrected chi connectivity index (χ3v) is 3.66. The highest BCUT2D eigenvalue weighted by atomic mass is 16.5. The van der Waals surface area contributed by atoms with Gasteiger partial charge in [0.2, 0.25) is 0 Å². The summed E-state index contributed by atoms with van der Waals surface area (Å²) in [6.07, 6.45) is 2.66. The summed E-state index contributed by atoms with van der Waals surface area (Å²) in [5.74, 6) is 0.551. The van der Waals surface area contributed by atoms with Gasteiger partial charge in [0, 0.05) is 12.2 Å². The first-order valence-electron chi connectivity index (χ1n) is 6.98. The predicted molar refractivity (Wildman–Crippen MR) is 77.2 cm³/mol. The molecule has 2 heteroatoms. The van der Waals surface area contributed by atoms with Crippen LogP contribution in [0.5, 0.6) is 0 Å². The molecule has 1 heterocycles. The first kappa shape index (κ1) is 13.4. The van der Waals surface area contributed by atoms with Crippen LogP contribution in [0.2, 0.25) is 0 Å². The van der Waals surface area contributed by atoms with E-state index in [0.717, 1.165) is 19.4 Å². The summed E-state index contributed by atoms with van der Waals surface area (Å²) in [5, 5.41) is 3.55. The second-order valence-corrected chi connectivity index (χ2v) is 6.16. The van der Waals surface area contributed by atoms with E-state index in [1.165, 1.54) is 11.3 Å². The van der Waals surface area contributed by atoms with Gasteiger partial charge in [-0.2, -0.15) is 0 Å². The number of benzene rings is 1. The molecule has 1 aromatic carbocycles. The van der Waals surface area contributed by atoms with Crippen molar-refractivity contribution in [2.75, 3.05) is 11.9 Å². The fourth-order valence-electron chi connectivity index (χ4n) is 2.61. The third kappa shape index (κ3) is 3.26. The highest BCUT2D eigenvalue weighted by Gasteiger charge is 2.31. The molecule has 1 aliphatic heterocycles. The van der Waals surface area contributed by atoms with Crippen LogP contribution in [0.4, 0.5) is 5.69 Å². The molecule has 1 aromatic rings. The Kier molecular flexibility index (Phi) is 3.96. The Balaban J connectivity index is 1.95. The number of hydrogen-bond acceptors (Lipinski definition) is 2. The van der Waals surface area contributed by atoms with E-state index in [9.17, 15) is 0 Å². The maximum Gasteiger partial charge on any atom is 0.0755 e. The molecule has 0 radical (unpaired) electrons. The van der Waals surface area contributed by atoms with Crippen molar-refractivity contribution in [1.82, 2.24) is 0 Å². The highest BCUT2D eigenvalue weighted by Crippen LogP contribution is 2.30. The molecular formula is C16H25NO. The van der Waals surface area contributed by atoms with Crippen LogP contribution in [0.1, 0.15) is 52.0 Å². The summed E-state index contributed by atoms with van der Waals surface area (Å²) in [4.78, 5) is 0. The van der Waals surface area contributed by atoms with E-state index >= 15 is 0 Å². The summed E-state index contributed by atoms with van der Waals surface area (Å²) in [6.45, 7) is 9.72. The van der Waals surface area contributed by atoms with Gasteiger partial charge >= 0.3 is 0 Å². The SMILES string of the molecule is CC(C)c1ccccc1NCC1CCC(C)(C)O1. The largest absolute Gasteiger partial charge is 0.382 e. The molecule has 2 nitrogen and oxygen atoms in total. The van der Waals surface area contributed by atoms with E-state index in [-0.39, 0.29) is 5.60 Å². The molecule has 1 saturated heterocycles. The summed E-state index contributed by atoms with van der Waals surface area (Å²) >= 11 is 0. The van der Waals surface area contributed by atoms with Crippen molar-refractivity contribution in [3.8, 4) is 0 Å². The standard InChI is InChI=1S/C16H25NO/c1-12(2)14-7-5-6-8-15(14)17-11-13-9-10-16(3,4)18-13/h5-8,12-13,17H,9-11H2,1-4H3. The Labute approximate surface area is 111 Å². The second kappa shape index (κ2) is 5.31. The average molecular weight is 247 g/mol. The van der Waals surface area contributed by atoms with Gasteiger partial charge in [0.25, 0.3) is 0 Å². The van der Waals surface area contributed by atoms with Crippen LogP contribution in [0, 0.1) is 0 Å². The molecule has 0 bridgehead atoms. The first-order chi connectivity index (χ1) is 8.48. The van der Waals surface area contributed by atoms with Crippen molar-refractivity contribution < 1.29 is 4.74 Å². The first-order valence-corrected chi connectivity index (χ1v) is 6.98. The van der Waals surface area contributed by atoms with Crippen molar-refractivity contribution in [3.05, 3.63) is 29.8 Å². The summed E-state index contributed by atoms with van der Waals surface area (Å²) in [6, 6.07) is 8.56. The number of anilines is 1. The Morgan fingerprint density at radius 1 is 1.33 bits per heavy atom. The van der Waals surface area contributed by atoms with Gasteiger partial charge in [0.1, 0.15) is 0 Å². The molecular weight excluding hydrogens is 222 g/mol. The van der Waals surface area contributed by atoms with E-state index < -0.39 is 0 Å². The van der Waals surface area contributed by atoms with Gasteiger partial charge in [-0.1, -0.05) is 32.0 Å². The van der Waals surface area contributed by atoms with Crippen LogP contribution < -0.4 is 5.32 Å². The van der Waals surface area contributed by atoms with Gasteiger partial charge in [0.15, 0.2) is 0 Å². The third-order valence-electron chi connectivity index (χ3n) is 3.66. The molecule has 1 atom stereocenters. The molecule has 1 aliphatic rings. The number of rotatable bonds is 4. The Hall–Kier alpha value is -1.02. The van der Waals surface area contributed by atoms with Gasteiger partial charge in [-0.3, -0.25) is 0 Å². The summed E-state index contributed by atoms with van der Waals surface area (Å²) < 4.78 is 6.01. The Bertz CT molecular complexity index is 398. The summed E-state index contributed by atoms with van der Waals surface area (Å²) in [7, 11) is 0. The van der Waals surface area contributed by atoms with Gasteiger partial charge in [-0.15, -0.1) is 0 Å². The Morgan fingerprint density at radius 3 is 2.67 bits per heavy atom. The molecule has 100 valence electrons. The lowest BCUT2D eigenvalue weighted by Crippen LogP contribution is -2.25. The van der Waals surface area contributed by atoms with Crippen molar-refractivity contribution in [1.29, 1.82) is 0 Å². The van der Waals surface area contributed by atoms with Crippen LogP contribution in [-0.2, 0) is 4.74 Å². The van der Waals surface area contributed by atoms with Gasteiger partial charge in [-0.25, -0.2) is 0 Å². The minimum absolute atomic E-state index is 0.0594. The van der Waals surface area contributed by atoms with Gasteiger partial charge in [-0.05, 0) is 44.2 Å². The fourth-order valence-corrected chi connectivity index (χ4v) is 2.61. The molecule has 1 fully saturated rings. The van der Waals surface area contributed by atoms with E-state index in [1.54, 1.807) is 0 Å². The normalized spacial score (nSPS) is 22.4. The van der Waals surface area contributed by atoms with E-state index in [1.807, 2.05) is 0 Å². The van der Waals surface area contributed by atoms with Crippen molar-refractivity contribution in [3.63, 3.8) is 0 Å². The van der Waals surface area contributed by atoms with E-state index in [2.05, 4.69) is 57.3 Å². The number of hydrogen-bond donors (Lipinski definition) is 1. The van der Waals surface area contributed by atoms with E-state index in [0.29, 0.717) is 12.0 Å². The quantitative estimate of drug-likeness (QED) is 0.861. The number of nitrogens with one attached hydrogen (secondary N) is 1. The van der Waals surface area contributed by atoms with Gasteiger partial charge in [0.05, 0.1) is 11.7 Å². The highest BCUT2D eigenvalue weighted by molar-refractivity contribution is 5.52. The lowest BCUT2D eigenvalue weighted by atomic mass is 10.0. The molecule has 18 heavy (non-hydrogen) atoms. The molecule has 0 spiro atoms. The zero-order valence-corrected chi connectivity index (χ0v) is 12.0. The zero-order valence-electron chi connectivity index (χ0n) is 12.0. The molecule has 0 aromatic heterocycles. The molecule has 0 amide bonds. The minimum Gasteiger partial charge on any atom is -0.382 e. The van der Waals surface area contributed by atoms with Crippen LogP contribution in [-0.4, -0.2) is 18.2 Å². The number of para-hydroxylation sites is 1. The number of ether oxygens (including phenoxy) is 1. The van der Waals surface area contributed by atoms with Crippen LogP contribution >= 0.6 is 0 Å². The molecule has 2 rings (SSSR count). The zero-order chi connectivity index (χ0) is 13.2. The monoisotopic (exact) mass is 247 g/mol. The molecule has 0 saturated carbocycles. The fraction of sp³-hybridized carbons (Fsp3) is 0.625. The topological polar surface area (TPSA) is 21.3 Å². The lowest BCUT2D eigenvalue weighted by Gasteiger charge is -2.21.